The monoisotopic (exact) mass is 232 g/mol. The van der Waals surface area contributed by atoms with Crippen LogP contribution in [0.4, 0.5) is 18.9 Å². The minimum Gasteiger partial charge on any atom is -0.383 e. The lowest BCUT2D eigenvalue weighted by molar-refractivity contribution is 0.405. The van der Waals surface area contributed by atoms with Gasteiger partial charge in [0.2, 0.25) is 0 Å². The molecule has 1 rings (SSSR count). The molecule has 0 radical (unpaired) electrons. The minimum absolute atomic E-state index is 0.00217. The fraction of sp³-hybridized carbons (Fsp3) is 0.455. The minimum atomic E-state index is -1.43. The first kappa shape index (κ1) is 12.8. The molecule has 0 aliphatic heterocycles. The number of hydrogen-bond acceptors (Lipinski definition) is 2. The number of nitrogens with one attached hydrogen (secondary N) is 1. The highest BCUT2D eigenvalue weighted by Crippen LogP contribution is 2.19. The van der Waals surface area contributed by atoms with Gasteiger partial charge in [-0.15, -0.1) is 0 Å². The molecular formula is C11H15F3N2. The fourth-order valence-corrected chi connectivity index (χ4v) is 1.28. The molecule has 1 N–H and O–H groups in total. The number of rotatable bonds is 5. The van der Waals surface area contributed by atoms with Gasteiger partial charge in [0, 0.05) is 6.54 Å². The Labute approximate surface area is 93.1 Å². The van der Waals surface area contributed by atoms with Crippen LogP contribution in [0.3, 0.4) is 0 Å². The van der Waals surface area contributed by atoms with Gasteiger partial charge in [0.15, 0.2) is 17.5 Å². The van der Waals surface area contributed by atoms with E-state index in [1.165, 1.54) is 6.07 Å². The first-order chi connectivity index (χ1) is 7.52. The molecule has 1 aromatic carbocycles. The predicted molar refractivity (Wildman–Crippen MR) is 58.0 cm³/mol. The van der Waals surface area contributed by atoms with Crippen molar-refractivity contribution < 1.29 is 13.2 Å². The Morgan fingerprint density at radius 3 is 2.44 bits per heavy atom. The quantitative estimate of drug-likeness (QED) is 0.619. The van der Waals surface area contributed by atoms with Gasteiger partial charge < -0.3 is 10.2 Å². The summed E-state index contributed by atoms with van der Waals surface area (Å²) in [5.41, 5.74) is -0.00217. The van der Waals surface area contributed by atoms with Gasteiger partial charge in [-0.1, -0.05) is 0 Å². The molecule has 16 heavy (non-hydrogen) atoms. The molecule has 0 fully saturated rings. The third-order valence-electron chi connectivity index (χ3n) is 2.13. The molecule has 0 aromatic heterocycles. The normalized spacial score (nSPS) is 10.9. The molecule has 0 unspecified atom stereocenters. The smallest absolute Gasteiger partial charge is 0.196 e. The van der Waals surface area contributed by atoms with E-state index in [1.54, 1.807) is 0 Å². The number of halogens is 3. The second kappa shape index (κ2) is 5.75. The standard InChI is InChI=1S/C11H15F3N2/c1-16(2)7-3-6-15-9-5-4-8(12)10(13)11(9)14/h4-5,15H,3,6-7H2,1-2H3. The molecule has 5 heteroatoms. The summed E-state index contributed by atoms with van der Waals surface area (Å²) in [5, 5.41) is 2.73. The maximum absolute atomic E-state index is 13.2. The lowest BCUT2D eigenvalue weighted by Crippen LogP contribution is -2.16. The highest BCUT2D eigenvalue weighted by Gasteiger charge is 2.12. The van der Waals surface area contributed by atoms with Crippen molar-refractivity contribution in [1.82, 2.24) is 4.90 Å². The molecule has 2 nitrogen and oxygen atoms in total. The Hall–Kier alpha value is -1.23. The van der Waals surface area contributed by atoms with Crippen molar-refractivity contribution in [3.05, 3.63) is 29.6 Å². The molecule has 0 saturated carbocycles. The molecule has 0 atom stereocenters. The number of anilines is 1. The second-order valence-electron chi connectivity index (χ2n) is 3.81. The van der Waals surface area contributed by atoms with E-state index in [1.807, 2.05) is 19.0 Å². The van der Waals surface area contributed by atoms with Crippen LogP contribution in [-0.2, 0) is 0 Å². The first-order valence-corrected chi connectivity index (χ1v) is 5.04. The molecule has 0 bridgehead atoms. The van der Waals surface area contributed by atoms with Crippen LogP contribution in [0.25, 0.3) is 0 Å². The van der Waals surface area contributed by atoms with Gasteiger partial charge in [-0.25, -0.2) is 13.2 Å². The van der Waals surface area contributed by atoms with E-state index in [2.05, 4.69) is 5.32 Å². The van der Waals surface area contributed by atoms with Crippen molar-refractivity contribution in [2.45, 2.75) is 6.42 Å². The van der Waals surface area contributed by atoms with Gasteiger partial charge >= 0.3 is 0 Å². The zero-order valence-corrected chi connectivity index (χ0v) is 9.36. The fourth-order valence-electron chi connectivity index (χ4n) is 1.28. The molecule has 0 amide bonds. The number of benzene rings is 1. The highest BCUT2D eigenvalue weighted by molar-refractivity contribution is 5.45. The van der Waals surface area contributed by atoms with E-state index in [-0.39, 0.29) is 5.69 Å². The van der Waals surface area contributed by atoms with Gasteiger partial charge in [0.1, 0.15) is 0 Å². The maximum Gasteiger partial charge on any atom is 0.196 e. The van der Waals surface area contributed by atoms with Gasteiger partial charge in [-0.2, -0.15) is 0 Å². The van der Waals surface area contributed by atoms with Gasteiger partial charge in [-0.05, 0) is 39.2 Å². The molecular weight excluding hydrogens is 217 g/mol. The molecule has 0 saturated heterocycles. The van der Waals surface area contributed by atoms with Gasteiger partial charge in [0.25, 0.3) is 0 Å². The van der Waals surface area contributed by atoms with Crippen molar-refractivity contribution in [2.75, 3.05) is 32.5 Å². The van der Waals surface area contributed by atoms with E-state index in [4.69, 9.17) is 0 Å². The van der Waals surface area contributed by atoms with Crippen LogP contribution < -0.4 is 5.32 Å². The van der Waals surface area contributed by atoms with Crippen LogP contribution in [0.5, 0.6) is 0 Å². The predicted octanol–water partition coefficient (Wildman–Crippen LogP) is 2.47. The van der Waals surface area contributed by atoms with Crippen molar-refractivity contribution in [2.24, 2.45) is 0 Å². The largest absolute Gasteiger partial charge is 0.383 e. The van der Waals surface area contributed by atoms with E-state index < -0.39 is 17.5 Å². The van der Waals surface area contributed by atoms with E-state index in [0.717, 1.165) is 19.0 Å². The van der Waals surface area contributed by atoms with Gasteiger partial charge in [0.05, 0.1) is 5.69 Å². The van der Waals surface area contributed by atoms with Crippen molar-refractivity contribution in [3.8, 4) is 0 Å². The summed E-state index contributed by atoms with van der Waals surface area (Å²) in [5.74, 6) is -3.76. The summed E-state index contributed by atoms with van der Waals surface area (Å²) in [6.45, 7) is 1.36. The summed E-state index contributed by atoms with van der Waals surface area (Å²) in [6.07, 6.45) is 0.797. The Kier molecular flexibility index (Phi) is 4.61. The van der Waals surface area contributed by atoms with Crippen molar-refractivity contribution in [3.63, 3.8) is 0 Å². The van der Waals surface area contributed by atoms with E-state index >= 15 is 0 Å². The first-order valence-electron chi connectivity index (χ1n) is 5.04. The summed E-state index contributed by atoms with van der Waals surface area (Å²) >= 11 is 0. The summed E-state index contributed by atoms with van der Waals surface area (Å²) in [4.78, 5) is 1.99. The van der Waals surface area contributed by atoms with Crippen LogP contribution in [0.15, 0.2) is 12.1 Å². The summed E-state index contributed by atoms with van der Waals surface area (Å²) in [6, 6.07) is 2.11. The van der Waals surface area contributed by atoms with Crippen molar-refractivity contribution in [1.29, 1.82) is 0 Å². The number of hydrogen-bond donors (Lipinski definition) is 1. The second-order valence-corrected chi connectivity index (χ2v) is 3.81. The number of nitrogens with zero attached hydrogens (tertiary/aromatic N) is 1. The zero-order chi connectivity index (χ0) is 12.1. The summed E-state index contributed by atoms with van der Waals surface area (Å²) < 4.78 is 38.6. The lowest BCUT2D eigenvalue weighted by atomic mass is 10.2. The van der Waals surface area contributed by atoms with Crippen LogP contribution in [0.2, 0.25) is 0 Å². The van der Waals surface area contributed by atoms with Crippen LogP contribution in [0.1, 0.15) is 6.42 Å². The summed E-state index contributed by atoms with van der Waals surface area (Å²) in [7, 11) is 3.86. The topological polar surface area (TPSA) is 15.3 Å². The maximum atomic E-state index is 13.2. The molecule has 0 aliphatic carbocycles. The third kappa shape index (κ3) is 3.41. The van der Waals surface area contributed by atoms with E-state index in [9.17, 15) is 13.2 Å². The average molecular weight is 232 g/mol. The average Bonchev–Trinajstić information content (AvgIpc) is 2.23. The molecule has 90 valence electrons. The Morgan fingerprint density at radius 2 is 1.81 bits per heavy atom. The molecule has 0 heterocycles. The Balaban J connectivity index is 2.52. The molecule has 1 aromatic rings. The molecule has 0 spiro atoms. The third-order valence-corrected chi connectivity index (χ3v) is 2.13. The van der Waals surface area contributed by atoms with Crippen LogP contribution >= 0.6 is 0 Å². The van der Waals surface area contributed by atoms with Crippen molar-refractivity contribution >= 4 is 5.69 Å². The Morgan fingerprint density at radius 1 is 1.12 bits per heavy atom. The lowest BCUT2D eigenvalue weighted by Gasteiger charge is -2.11. The highest BCUT2D eigenvalue weighted by atomic mass is 19.2. The zero-order valence-electron chi connectivity index (χ0n) is 9.36. The Bertz CT molecular complexity index is 353. The van der Waals surface area contributed by atoms with Crippen LogP contribution in [-0.4, -0.2) is 32.1 Å². The van der Waals surface area contributed by atoms with E-state index in [0.29, 0.717) is 6.54 Å². The molecule has 0 aliphatic rings. The van der Waals surface area contributed by atoms with Crippen LogP contribution in [0, 0.1) is 17.5 Å². The van der Waals surface area contributed by atoms with Gasteiger partial charge in [-0.3, -0.25) is 0 Å². The SMILES string of the molecule is CN(C)CCCNc1ccc(F)c(F)c1F.